The Balaban J connectivity index is 1.29. The Morgan fingerprint density at radius 2 is 2.00 bits per heavy atom. The van der Waals surface area contributed by atoms with E-state index in [0.29, 0.717) is 50.8 Å². The first-order valence-electron chi connectivity index (χ1n) is 15.4. The molecule has 2 aromatic rings. The van der Waals surface area contributed by atoms with E-state index in [1.807, 2.05) is 0 Å². The second-order valence-corrected chi connectivity index (χ2v) is 12.8. The fourth-order valence-electron chi connectivity index (χ4n) is 8.11. The molecule has 3 saturated heterocycles. The first-order chi connectivity index (χ1) is 21.1. The molecule has 0 amide bonds. The van der Waals surface area contributed by atoms with Crippen LogP contribution in [0.1, 0.15) is 72.4 Å². The van der Waals surface area contributed by atoms with Crippen molar-refractivity contribution in [1.82, 2.24) is 14.9 Å². The normalized spacial score (nSPS) is 30.4. The van der Waals surface area contributed by atoms with Crippen LogP contribution in [-0.4, -0.2) is 78.8 Å². The van der Waals surface area contributed by atoms with Gasteiger partial charge in [-0.3, -0.25) is 4.90 Å². The third-order valence-electron chi connectivity index (χ3n) is 10.2. The minimum atomic E-state index is -4.48. The molecule has 7 rings (SSSR count). The van der Waals surface area contributed by atoms with Gasteiger partial charge in [-0.2, -0.15) is 28.4 Å². The Kier molecular flexibility index (Phi) is 7.37. The van der Waals surface area contributed by atoms with Crippen molar-refractivity contribution in [3.05, 3.63) is 40.1 Å². The third kappa shape index (κ3) is 4.95. The second kappa shape index (κ2) is 11.0. The van der Waals surface area contributed by atoms with Crippen LogP contribution in [-0.2, 0) is 28.1 Å². The van der Waals surface area contributed by atoms with Gasteiger partial charge in [-0.05, 0) is 50.3 Å². The largest absolute Gasteiger partial charge is 0.461 e. The SMILES string of the molecule is N#Cc1c(N)ccc2c1[C@@]1(CC[C@H]2C(F)(F)F)Cc2nc(OC[C@@]34CCCN3C[C@H](F)C4)nc(N3CCCOCC3)c2CO1. The molecule has 0 bridgehead atoms. The van der Waals surface area contributed by atoms with Crippen LogP contribution in [0, 0.1) is 11.3 Å². The maximum absolute atomic E-state index is 14.4. The molecule has 44 heavy (non-hydrogen) atoms. The molecule has 9 nitrogen and oxygen atoms in total. The maximum Gasteiger partial charge on any atom is 0.395 e. The molecule has 1 aromatic heterocycles. The Morgan fingerprint density at radius 3 is 2.82 bits per heavy atom. The molecule has 3 fully saturated rings. The van der Waals surface area contributed by atoms with Gasteiger partial charge in [0.2, 0.25) is 0 Å². The quantitative estimate of drug-likeness (QED) is 0.392. The van der Waals surface area contributed by atoms with E-state index in [9.17, 15) is 22.8 Å². The van der Waals surface area contributed by atoms with Crippen LogP contribution in [0.4, 0.5) is 29.1 Å². The summed E-state index contributed by atoms with van der Waals surface area (Å²) < 4.78 is 75.5. The summed E-state index contributed by atoms with van der Waals surface area (Å²) in [6, 6.07) is 4.97. The lowest BCUT2D eigenvalue weighted by Crippen LogP contribution is -2.44. The number of rotatable bonds is 4. The molecule has 2 N–H and O–H groups in total. The van der Waals surface area contributed by atoms with Gasteiger partial charge in [0.25, 0.3) is 0 Å². The average Bonchev–Trinajstić information content (AvgIpc) is 3.37. The molecule has 5 heterocycles. The number of hydrogen-bond acceptors (Lipinski definition) is 9. The summed E-state index contributed by atoms with van der Waals surface area (Å²) in [5, 5.41) is 10.1. The van der Waals surface area contributed by atoms with Gasteiger partial charge in [-0.1, -0.05) is 6.07 Å². The number of nitrogens with two attached hydrogens (primary N) is 1. The Labute approximate surface area is 253 Å². The van der Waals surface area contributed by atoms with Crippen LogP contribution in [0.5, 0.6) is 6.01 Å². The smallest absolute Gasteiger partial charge is 0.395 e. The van der Waals surface area contributed by atoms with Crippen molar-refractivity contribution in [3.8, 4) is 12.1 Å². The summed E-state index contributed by atoms with van der Waals surface area (Å²) in [5.74, 6) is -1.07. The zero-order chi connectivity index (χ0) is 30.7. The molecule has 1 aliphatic carbocycles. The monoisotopic (exact) mass is 616 g/mol. The van der Waals surface area contributed by atoms with Crippen molar-refractivity contribution in [3.63, 3.8) is 0 Å². The Morgan fingerprint density at radius 1 is 1.14 bits per heavy atom. The topological polar surface area (TPSA) is 110 Å². The number of halogens is 4. The number of alkyl halides is 4. The average molecular weight is 617 g/mol. The van der Waals surface area contributed by atoms with E-state index in [-0.39, 0.29) is 60.9 Å². The number of nitrogen functional groups attached to an aromatic ring is 1. The lowest BCUT2D eigenvalue weighted by Gasteiger charge is -2.45. The van der Waals surface area contributed by atoms with Crippen LogP contribution in [0.15, 0.2) is 12.1 Å². The fraction of sp³-hybridized carbons (Fsp3) is 0.645. The van der Waals surface area contributed by atoms with Crippen molar-refractivity contribution in [2.45, 2.75) is 81.0 Å². The number of benzene rings is 1. The molecule has 5 aliphatic rings. The Hall–Kier alpha value is -3.21. The zero-order valence-electron chi connectivity index (χ0n) is 24.5. The number of anilines is 2. The van der Waals surface area contributed by atoms with Gasteiger partial charge in [-0.15, -0.1) is 0 Å². The highest BCUT2D eigenvalue weighted by Crippen LogP contribution is 2.54. The van der Waals surface area contributed by atoms with Gasteiger partial charge < -0.3 is 24.8 Å². The van der Waals surface area contributed by atoms with Gasteiger partial charge >= 0.3 is 12.2 Å². The first-order valence-corrected chi connectivity index (χ1v) is 15.4. The van der Waals surface area contributed by atoms with Crippen molar-refractivity contribution in [2.75, 3.05) is 56.6 Å². The highest BCUT2D eigenvalue weighted by Gasteiger charge is 2.53. The lowest BCUT2D eigenvalue weighted by molar-refractivity contribution is -0.165. The predicted molar refractivity (Wildman–Crippen MR) is 152 cm³/mol. The summed E-state index contributed by atoms with van der Waals surface area (Å²) >= 11 is 0. The molecule has 0 unspecified atom stereocenters. The first kappa shape index (κ1) is 29.5. The van der Waals surface area contributed by atoms with E-state index in [1.54, 1.807) is 0 Å². The van der Waals surface area contributed by atoms with Crippen LogP contribution in [0.3, 0.4) is 0 Å². The minimum Gasteiger partial charge on any atom is -0.461 e. The highest BCUT2D eigenvalue weighted by atomic mass is 19.4. The van der Waals surface area contributed by atoms with Crippen molar-refractivity contribution in [2.24, 2.45) is 0 Å². The molecule has 13 heteroatoms. The number of fused-ring (bicyclic) bond motifs is 4. The van der Waals surface area contributed by atoms with Gasteiger partial charge in [0.15, 0.2) is 0 Å². The number of nitrogens with zero attached hydrogens (tertiary/aromatic N) is 5. The molecule has 236 valence electrons. The number of hydrogen-bond donors (Lipinski definition) is 1. The van der Waals surface area contributed by atoms with Crippen LogP contribution >= 0.6 is 0 Å². The van der Waals surface area contributed by atoms with Gasteiger partial charge in [-0.25, -0.2) is 4.39 Å². The molecular formula is C31H36F4N6O3. The van der Waals surface area contributed by atoms with E-state index < -0.39 is 29.4 Å². The summed E-state index contributed by atoms with van der Waals surface area (Å²) in [6.07, 6.45) is -2.38. The Bertz CT molecular complexity index is 1480. The predicted octanol–water partition coefficient (Wildman–Crippen LogP) is 4.52. The molecule has 4 atom stereocenters. The summed E-state index contributed by atoms with van der Waals surface area (Å²) in [5.41, 5.74) is 6.24. The number of nitriles is 1. The van der Waals surface area contributed by atoms with Gasteiger partial charge in [0.1, 0.15) is 30.3 Å². The summed E-state index contributed by atoms with van der Waals surface area (Å²) in [4.78, 5) is 13.9. The summed E-state index contributed by atoms with van der Waals surface area (Å²) in [7, 11) is 0. The van der Waals surface area contributed by atoms with E-state index in [4.69, 9.17) is 29.9 Å². The van der Waals surface area contributed by atoms with Gasteiger partial charge in [0.05, 0.1) is 35.9 Å². The fourth-order valence-corrected chi connectivity index (χ4v) is 8.11. The molecule has 0 radical (unpaired) electrons. The third-order valence-corrected chi connectivity index (χ3v) is 10.2. The van der Waals surface area contributed by atoms with Gasteiger partial charge in [0, 0.05) is 55.9 Å². The van der Waals surface area contributed by atoms with Crippen LogP contribution in [0.2, 0.25) is 0 Å². The molecular weight excluding hydrogens is 580 g/mol. The minimum absolute atomic E-state index is 0.0118. The molecule has 4 aliphatic heterocycles. The highest BCUT2D eigenvalue weighted by molar-refractivity contribution is 5.64. The van der Waals surface area contributed by atoms with E-state index in [1.165, 1.54) is 12.1 Å². The van der Waals surface area contributed by atoms with Crippen LogP contribution in [0.25, 0.3) is 0 Å². The van der Waals surface area contributed by atoms with Crippen LogP contribution < -0.4 is 15.4 Å². The zero-order valence-corrected chi connectivity index (χ0v) is 24.5. The molecule has 0 saturated carbocycles. The van der Waals surface area contributed by atoms with Crippen molar-refractivity contribution >= 4 is 11.5 Å². The molecule has 1 spiro atoms. The molecule has 1 aromatic carbocycles. The van der Waals surface area contributed by atoms with Crippen molar-refractivity contribution < 1.29 is 31.8 Å². The van der Waals surface area contributed by atoms with E-state index in [2.05, 4.69) is 15.9 Å². The standard InChI is InChI=1S/C31H36F4N6O3/c32-19-13-29(6-1-9-41(29)16-19)18-43-28-38-25-14-30(44-17-22(25)27(39-28)40-8-2-11-42-12-10-40)7-5-23(31(33,34)35)20-3-4-24(37)21(15-36)26(20)30/h3-4,19,23H,1-2,5-14,16-18,37H2/t19-,23-,29+,30-/m1/s1. The van der Waals surface area contributed by atoms with E-state index in [0.717, 1.165) is 31.4 Å². The lowest BCUT2D eigenvalue weighted by atomic mass is 9.68. The number of aromatic nitrogens is 2. The van der Waals surface area contributed by atoms with E-state index >= 15 is 0 Å². The second-order valence-electron chi connectivity index (χ2n) is 12.8. The summed E-state index contributed by atoms with van der Waals surface area (Å²) in [6.45, 7) is 3.98. The number of ether oxygens (including phenoxy) is 3. The van der Waals surface area contributed by atoms with Crippen molar-refractivity contribution in [1.29, 1.82) is 5.26 Å². The maximum atomic E-state index is 14.4.